The fraction of sp³-hybridized carbons (Fsp3) is 0.760. The fourth-order valence-electron chi connectivity index (χ4n) is 6.07. The van der Waals surface area contributed by atoms with Crippen LogP contribution < -0.4 is 0 Å². The molecule has 1 aromatic carbocycles. The molecule has 3 aliphatic rings. The van der Waals surface area contributed by atoms with Gasteiger partial charge in [-0.05, 0) is 52.0 Å². The van der Waals surface area contributed by atoms with E-state index in [1.165, 1.54) is 18.4 Å². The van der Waals surface area contributed by atoms with E-state index < -0.39 is 5.79 Å². The lowest BCUT2D eigenvalue weighted by atomic mass is 9.73. The minimum atomic E-state index is -0.467. The van der Waals surface area contributed by atoms with E-state index in [1.807, 2.05) is 0 Å². The van der Waals surface area contributed by atoms with Crippen molar-refractivity contribution >= 4 is 0 Å². The number of fused-ring (bicyclic) bond motifs is 1. The van der Waals surface area contributed by atoms with Crippen LogP contribution in [0.4, 0.5) is 0 Å². The van der Waals surface area contributed by atoms with Gasteiger partial charge >= 0.3 is 0 Å². The van der Waals surface area contributed by atoms with Crippen LogP contribution in [0.25, 0.3) is 0 Å². The van der Waals surface area contributed by atoms with Crippen LogP contribution in [-0.4, -0.2) is 34.1 Å². The molecule has 29 heavy (non-hydrogen) atoms. The first kappa shape index (κ1) is 21.3. The Morgan fingerprint density at radius 2 is 1.59 bits per heavy atom. The summed E-state index contributed by atoms with van der Waals surface area (Å²) in [5, 5.41) is 2.32. The largest absolute Gasteiger partial charge is 0.344 e. The second kappa shape index (κ2) is 7.96. The van der Waals surface area contributed by atoms with Crippen molar-refractivity contribution in [3.05, 3.63) is 35.9 Å². The maximum absolute atomic E-state index is 6.73. The molecule has 1 saturated carbocycles. The van der Waals surface area contributed by atoms with Gasteiger partial charge in [-0.2, -0.15) is 5.06 Å². The Labute approximate surface area is 176 Å². The van der Waals surface area contributed by atoms with Crippen LogP contribution in [0.3, 0.4) is 0 Å². The highest BCUT2D eigenvalue weighted by molar-refractivity contribution is 5.17. The van der Waals surface area contributed by atoms with E-state index in [0.29, 0.717) is 0 Å². The van der Waals surface area contributed by atoms with Crippen LogP contribution in [0.5, 0.6) is 0 Å². The van der Waals surface area contributed by atoms with E-state index in [4.69, 9.17) is 14.3 Å². The molecule has 2 saturated heterocycles. The highest BCUT2D eigenvalue weighted by Gasteiger charge is 2.61. The molecule has 3 fully saturated rings. The maximum Gasteiger partial charge on any atom is 0.172 e. The van der Waals surface area contributed by atoms with Crippen molar-refractivity contribution in [3.63, 3.8) is 0 Å². The summed E-state index contributed by atoms with van der Waals surface area (Å²) in [5.74, 6) is -0.467. The van der Waals surface area contributed by atoms with E-state index >= 15 is 0 Å². The molecular formula is C25H39NO3. The van der Waals surface area contributed by atoms with Crippen molar-refractivity contribution in [3.8, 4) is 0 Å². The van der Waals surface area contributed by atoms with Crippen LogP contribution in [0.2, 0.25) is 0 Å². The molecule has 1 aliphatic carbocycles. The number of hydrogen-bond acceptors (Lipinski definition) is 4. The molecule has 0 bridgehead atoms. The molecule has 1 aromatic rings. The lowest BCUT2D eigenvalue weighted by molar-refractivity contribution is -0.361. The third-order valence-electron chi connectivity index (χ3n) is 7.50. The monoisotopic (exact) mass is 401 g/mol. The minimum Gasteiger partial charge on any atom is -0.344 e. The second-order valence-corrected chi connectivity index (χ2v) is 10.1. The average molecular weight is 402 g/mol. The molecule has 3 unspecified atom stereocenters. The van der Waals surface area contributed by atoms with Gasteiger partial charge in [-0.3, -0.25) is 4.84 Å². The summed E-state index contributed by atoms with van der Waals surface area (Å²) in [7, 11) is 0. The number of hydroxylamine groups is 2. The van der Waals surface area contributed by atoms with Crippen molar-refractivity contribution in [2.45, 2.75) is 121 Å². The standard InChI is InChI=1S/C25H39NO3/c1-6-24(7-2)18-25(27-21-15-11-12-16-22(21)28-25)17-23(4,5)26(24)29-19(3)20-13-9-8-10-14-20/h8-10,13-14,19,21-22H,6-7,11-12,15-18H2,1-5H3. The van der Waals surface area contributed by atoms with Crippen molar-refractivity contribution in [1.82, 2.24) is 5.06 Å². The predicted octanol–water partition coefficient (Wildman–Crippen LogP) is 6.17. The first-order valence-electron chi connectivity index (χ1n) is 11.7. The van der Waals surface area contributed by atoms with E-state index in [0.717, 1.165) is 38.5 Å². The number of rotatable bonds is 5. The molecule has 162 valence electrons. The number of ether oxygens (including phenoxy) is 2. The molecule has 0 aromatic heterocycles. The van der Waals surface area contributed by atoms with Gasteiger partial charge in [0.2, 0.25) is 0 Å². The molecule has 0 N–H and O–H groups in total. The number of nitrogens with zero attached hydrogens (tertiary/aromatic N) is 1. The SMILES string of the molecule is CCC1(CC)CC2(CC(C)(C)N1OC(C)c1ccccc1)OC1CCCCC1O2. The second-order valence-electron chi connectivity index (χ2n) is 10.1. The van der Waals surface area contributed by atoms with Gasteiger partial charge in [0, 0.05) is 18.4 Å². The molecule has 4 rings (SSSR count). The summed E-state index contributed by atoms with van der Waals surface area (Å²) >= 11 is 0. The van der Waals surface area contributed by atoms with E-state index in [9.17, 15) is 0 Å². The smallest absolute Gasteiger partial charge is 0.172 e. The summed E-state index contributed by atoms with van der Waals surface area (Å²) in [6, 6.07) is 10.5. The quantitative estimate of drug-likeness (QED) is 0.590. The third-order valence-corrected chi connectivity index (χ3v) is 7.50. The molecule has 4 heteroatoms. The average Bonchev–Trinajstić information content (AvgIpc) is 3.06. The zero-order valence-corrected chi connectivity index (χ0v) is 18.9. The Balaban J connectivity index is 1.61. The third kappa shape index (κ3) is 3.89. The fourth-order valence-corrected chi connectivity index (χ4v) is 6.07. The summed E-state index contributed by atoms with van der Waals surface area (Å²) in [6.45, 7) is 11.3. The number of benzene rings is 1. The lowest BCUT2D eigenvalue weighted by Crippen LogP contribution is -2.67. The molecule has 2 heterocycles. The maximum atomic E-state index is 6.73. The lowest BCUT2D eigenvalue weighted by Gasteiger charge is -2.59. The minimum absolute atomic E-state index is 0.00925. The van der Waals surface area contributed by atoms with Crippen LogP contribution in [0.15, 0.2) is 30.3 Å². The molecular weight excluding hydrogens is 362 g/mol. The Hall–Kier alpha value is -0.940. The Morgan fingerprint density at radius 3 is 2.14 bits per heavy atom. The van der Waals surface area contributed by atoms with Gasteiger partial charge in [0.25, 0.3) is 0 Å². The van der Waals surface area contributed by atoms with Gasteiger partial charge < -0.3 is 9.47 Å². The molecule has 0 radical (unpaired) electrons. The van der Waals surface area contributed by atoms with Crippen molar-refractivity contribution < 1.29 is 14.3 Å². The van der Waals surface area contributed by atoms with Gasteiger partial charge in [0.05, 0.1) is 17.7 Å². The number of hydrogen-bond donors (Lipinski definition) is 0. The topological polar surface area (TPSA) is 30.9 Å². The Morgan fingerprint density at radius 1 is 1.00 bits per heavy atom. The van der Waals surface area contributed by atoms with E-state index in [-0.39, 0.29) is 29.4 Å². The van der Waals surface area contributed by atoms with Crippen molar-refractivity contribution in [1.29, 1.82) is 0 Å². The van der Waals surface area contributed by atoms with E-state index in [2.05, 4.69) is 70.0 Å². The highest BCUT2D eigenvalue weighted by atomic mass is 16.8. The Bertz CT molecular complexity index is 671. The molecule has 2 aliphatic heterocycles. The first-order valence-corrected chi connectivity index (χ1v) is 11.7. The summed E-state index contributed by atoms with van der Waals surface area (Å²) in [6.07, 6.45) is 9.13. The first-order chi connectivity index (χ1) is 13.8. The van der Waals surface area contributed by atoms with Crippen molar-refractivity contribution in [2.75, 3.05) is 0 Å². The highest BCUT2D eigenvalue weighted by Crippen LogP contribution is 2.54. The summed E-state index contributed by atoms with van der Waals surface area (Å²) in [5.41, 5.74) is 0.933. The van der Waals surface area contributed by atoms with Crippen LogP contribution >= 0.6 is 0 Å². The van der Waals surface area contributed by atoms with Gasteiger partial charge in [0.1, 0.15) is 6.10 Å². The van der Waals surface area contributed by atoms with Gasteiger partial charge in [-0.1, -0.05) is 57.0 Å². The summed E-state index contributed by atoms with van der Waals surface area (Å²) in [4.78, 5) is 6.73. The molecule has 1 spiro atoms. The van der Waals surface area contributed by atoms with Gasteiger partial charge in [0.15, 0.2) is 5.79 Å². The Kier molecular flexibility index (Phi) is 5.84. The van der Waals surface area contributed by atoms with Gasteiger partial charge in [-0.15, -0.1) is 0 Å². The predicted molar refractivity (Wildman–Crippen MR) is 115 cm³/mol. The number of piperidine rings is 1. The van der Waals surface area contributed by atoms with E-state index in [1.54, 1.807) is 0 Å². The molecule has 0 amide bonds. The van der Waals surface area contributed by atoms with Crippen LogP contribution in [0, 0.1) is 0 Å². The van der Waals surface area contributed by atoms with Crippen LogP contribution in [-0.2, 0) is 14.3 Å². The molecule has 4 nitrogen and oxygen atoms in total. The van der Waals surface area contributed by atoms with Crippen molar-refractivity contribution in [2.24, 2.45) is 0 Å². The summed E-state index contributed by atoms with van der Waals surface area (Å²) < 4.78 is 13.4. The molecule has 3 atom stereocenters. The van der Waals surface area contributed by atoms with Crippen LogP contribution in [0.1, 0.15) is 97.7 Å². The normalized spacial score (nSPS) is 34.8. The zero-order chi connectivity index (χ0) is 20.7. The zero-order valence-electron chi connectivity index (χ0n) is 18.9. The van der Waals surface area contributed by atoms with Gasteiger partial charge in [-0.25, -0.2) is 0 Å².